The van der Waals surface area contributed by atoms with E-state index >= 15 is 0 Å². The Labute approximate surface area is 118 Å². The summed E-state index contributed by atoms with van der Waals surface area (Å²) in [5.41, 5.74) is 2.07. The maximum absolute atomic E-state index is 12.3. The Balaban J connectivity index is 1.74. The van der Waals surface area contributed by atoms with Crippen LogP contribution in [0.4, 0.5) is 0 Å². The van der Waals surface area contributed by atoms with Crippen LogP contribution in [0.3, 0.4) is 0 Å². The van der Waals surface area contributed by atoms with Gasteiger partial charge in [0, 0.05) is 13.1 Å². The zero-order valence-corrected chi connectivity index (χ0v) is 11.7. The molecule has 0 aromatic heterocycles. The minimum atomic E-state index is 0.146. The van der Waals surface area contributed by atoms with Gasteiger partial charge in [-0.05, 0) is 30.2 Å². The molecule has 3 rings (SSSR count). The normalized spacial score (nSPS) is 17.9. The average molecular weight is 277 g/mol. The summed E-state index contributed by atoms with van der Waals surface area (Å²) in [6.45, 7) is 5.77. The molecule has 1 saturated heterocycles. The first-order valence-corrected chi connectivity index (χ1v) is 6.98. The minimum Gasteiger partial charge on any atom is -0.486 e. The van der Waals surface area contributed by atoms with Gasteiger partial charge in [-0.3, -0.25) is 4.79 Å². The Kier molecular flexibility index (Phi) is 3.78. The molecule has 0 atom stereocenters. The van der Waals surface area contributed by atoms with Crippen LogP contribution >= 0.6 is 0 Å². The Bertz CT molecular complexity index is 509. The molecule has 0 unspecified atom stereocenters. The van der Waals surface area contributed by atoms with Crippen LogP contribution in [0.2, 0.25) is 0 Å². The van der Waals surface area contributed by atoms with Crippen molar-refractivity contribution in [2.24, 2.45) is 0 Å². The quantitative estimate of drug-likeness (QED) is 0.814. The third kappa shape index (κ3) is 2.72. The van der Waals surface area contributed by atoms with E-state index in [0.717, 1.165) is 22.6 Å². The maximum Gasteiger partial charge on any atom is 0.227 e. The first-order chi connectivity index (χ1) is 9.74. The summed E-state index contributed by atoms with van der Waals surface area (Å²) >= 11 is 0. The van der Waals surface area contributed by atoms with Crippen molar-refractivity contribution in [3.8, 4) is 11.5 Å². The second-order valence-corrected chi connectivity index (χ2v) is 5.09. The number of ether oxygens (including phenoxy) is 3. The predicted octanol–water partition coefficient (Wildman–Crippen LogP) is 1.17. The van der Waals surface area contributed by atoms with Gasteiger partial charge < -0.3 is 19.1 Å². The fraction of sp³-hybridized carbons (Fsp3) is 0.533. The number of rotatable bonds is 2. The molecule has 108 valence electrons. The van der Waals surface area contributed by atoms with E-state index in [4.69, 9.17) is 14.2 Å². The molecular formula is C15H19NO4. The number of amides is 1. The fourth-order valence-corrected chi connectivity index (χ4v) is 2.51. The summed E-state index contributed by atoms with van der Waals surface area (Å²) in [7, 11) is 0. The highest BCUT2D eigenvalue weighted by molar-refractivity contribution is 5.79. The van der Waals surface area contributed by atoms with Crippen LogP contribution in [0.5, 0.6) is 11.5 Å². The van der Waals surface area contributed by atoms with E-state index in [-0.39, 0.29) is 5.91 Å². The van der Waals surface area contributed by atoms with Gasteiger partial charge >= 0.3 is 0 Å². The largest absolute Gasteiger partial charge is 0.486 e. The maximum atomic E-state index is 12.3. The Morgan fingerprint density at radius 2 is 1.75 bits per heavy atom. The summed E-state index contributed by atoms with van der Waals surface area (Å²) in [6, 6.07) is 3.89. The van der Waals surface area contributed by atoms with Crippen molar-refractivity contribution in [2.75, 3.05) is 39.5 Å². The lowest BCUT2D eigenvalue weighted by Gasteiger charge is -2.27. The van der Waals surface area contributed by atoms with Crippen LogP contribution in [-0.4, -0.2) is 50.3 Å². The number of aryl methyl sites for hydroxylation is 1. The minimum absolute atomic E-state index is 0.146. The summed E-state index contributed by atoms with van der Waals surface area (Å²) in [5.74, 6) is 1.66. The third-order valence-electron chi connectivity index (χ3n) is 3.71. The summed E-state index contributed by atoms with van der Waals surface area (Å²) in [6.07, 6.45) is 0.405. The van der Waals surface area contributed by atoms with Gasteiger partial charge in [0.1, 0.15) is 13.2 Å². The summed E-state index contributed by atoms with van der Waals surface area (Å²) in [4.78, 5) is 14.1. The number of hydrogen-bond acceptors (Lipinski definition) is 4. The molecule has 5 heteroatoms. The van der Waals surface area contributed by atoms with E-state index in [1.165, 1.54) is 0 Å². The average Bonchev–Trinajstić information content (AvgIpc) is 2.49. The number of benzene rings is 1. The molecule has 2 aliphatic rings. The Morgan fingerprint density at radius 1 is 1.10 bits per heavy atom. The van der Waals surface area contributed by atoms with Crippen molar-refractivity contribution in [2.45, 2.75) is 13.3 Å². The molecule has 2 aliphatic heterocycles. The molecule has 1 aromatic rings. The van der Waals surface area contributed by atoms with Gasteiger partial charge in [-0.15, -0.1) is 0 Å². The van der Waals surface area contributed by atoms with Crippen LogP contribution in [0.1, 0.15) is 11.1 Å². The molecular weight excluding hydrogens is 258 g/mol. The van der Waals surface area contributed by atoms with E-state index < -0.39 is 0 Å². The van der Waals surface area contributed by atoms with Crippen molar-refractivity contribution < 1.29 is 19.0 Å². The zero-order valence-electron chi connectivity index (χ0n) is 11.7. The molecule has 0 aliphatic carbocycles. The molecule has 1 fully saturated rings. The Hall–Kier alpha value is -1.75. The Morgan fingerprint density at radius 3 is 2.45 bits per heavy atom. The van der Waals surface area contributed by atoms with E-state index in [9.17, 15) is 4.79 Å². The molecule has 0 N–H and O–H groups in total. The van der Waals surface area contributed by atoms with Gasteiger partial charge in [0.15, 0.2) is 11.5 Å². The topological polar surface area (TPSA) is 48.0 Å². The number of hydrogen-bond donors (Lipinski definition) is 0. The lowest BCUT2D eigenvalue weighted by atomic mass is 10.0. The second-order valence-electron chi connectivity index (χ2n) is 5.09. The molecule has 5 nitrogen and oxygen atoms in total. The van der Waals surface area contributed by atoms with Crippen molar-refractivity contribution in [3.63, 3.8) is 0 Å². The number of nitrogens with zero attached hydrogens (tertiary/aromatic N) is 1. The first-order valence-electron chi connectivity index (χ1n) is 6.98. The van der Waals surface area contributed by atoms with E-state index in [0.29, 0.717) is 45.9 Å². The van der Waals surface area contributed by atoms with E-state index in [1.807, 2.05) is 24.0 Å². The fourth-order valence-electron chi connectivity index (χ4n) is 2.51. The van der Waals surface area contributed by atoms with E-state index in [2.05, 4.69) is 0 Å². The molecule has 1 amide bonds. The standard InChI is InChI=1S/C15H19NO4/c1-11-8-13-14(20-7-6-19-13)9-12(11)10-15(17)16-2-4-18-5-3-16/h8-9H,2-7,10H2,1H3. The molecule has 0 radical (unpaired) electrons. The second kappa shape index (κ2) is 5.71. The monoisotopic (exact) mass is 277 g/mol. The van der Waals surface area contributed by atoms with Gasteiger partial charge in [-0.1, -0.05) is 0 Å². The van der Waals surface area contributed by atoms with Crippen LogP contribution in [0.15, 0.2) is 12.1 Å². The molecule has 2 heterocycles. The van der Waals surface area contributed by atoms with Crippen LogP contribution in [0.25, 0.3) is 0 Å². The van der Waals surface area contributed by atoms with E-state index in [1.54, 1.807) is 0 Å². The lowest BCUT2D eigenvalue weighted by molar-refractivity contribution is -0.134. The van der Waals surface area contributed by atoms with Gasteiger partial charge in [-0.25, -0.2) is 0 Å². The molecule has 20 heavy (non-hydrogen) atoms. The predicted molar refractivity (Wildman–Crippen MR) is 73.3 cm³/mol. The van der Waals surface area contributed by atoms with Crippen molar-refractivity contribution in [3.05, 3.63) is 23.3 Å². The number of morpholine rings is 1. The van der Waals surface area contributed by atoms with Crippen molar-refractivity contribution in [1.29, 1.82) is 0 Å². The zero-order chi connectivity index (χ0) is 13.9. The number of fused-ring (bicyclic) bond motifs is 1. The molecule has 0 saturated carbocycles. The van der Waals surface area contributed by atoms with Gasteiger partial charge in [0.2, 0.25) is 5.91 Å². The smallest absolute Gasteiger partial charge is 0.227 e. The van der Waals surface area contributed by atoms with Crippen LogP contribution in [-0.2, 0) is 16.0 Å². The summed E-state index contributed by atoms with van der Waals surface area (Å²) < 4.78 is 16.4. The van der Waals surface area contributed by atoms with Gasteiger partial charge in [-0.2, -0.15) is 0 Å². The lowest BCUT2D eigenvalue weighted by Crippen LogP contribution is -2.41. The van der Waals surface area contributed by atoms with Crippen molar-refractivity contribution >= 4 is 5.91 Å². The third-order valence-corrected chi connectivity index (χ3v) is 3.71. The summed E-state index contributed by atoms with van der Waals surface area (Å²) in [5, 5.41) is 0. The van der Waals surface area contributed by atoms with Gasteiger partial charge in [0.05, 0.1) is 19.6 Å². The highest BCUT2D eigenvalue weighted by Gasteiger charge is 2.20. The highest BCUT2D eigenvalue weighted by Crippen LogP contribution is 2.33. The van der Waals surface area contributed by atoms with Crippen LogP contribution in [0, 0.1) is 6.92 Å². The van der Waals surface area contributed by atoms with Crippen molar-refractivity contribution in [1.82, 2.24) is 4.90 Å². The highest BCUT2D eigenvalue weighted by atomic mass is 16.6. The van der Waals surface area contributed by atoms with Gasteiger partial charge in [0.25, 0.3) is 0 Å². The molecule has 0 spiro atoms. The molecule has 0 bridgehead atoms. The number of carbonyl (C=O) groups is 1. The van der Waals surface area contributed by atoms with Crippen LogP contribution < -0.4 is 9.47 Å². The molecule has 1 aromatic carbocycles. The SMILES string of the molecule is Cc1cc2c(cc1CC(=O)N1CCOCC1)OCCO2. The number of carbonyl (C=O) groups excluding carboxylic acids is 1. The first kappa shape index (κ1) is 13.2.